The molecule has 0 bridgehead atoms. The van der Waals surface area contributed by atoms with Crippen molar-refractivity contribution in [1.29, 1.82) is 5.26 Å². The van der Waals surface area contributed by atoms with Gasteiger partial charge >= 0.3 is 0 Å². The third-order valence-electron chi connectivity index (χ3n) is 5.19. The smallest absolute Gasteiger partial charge is 0.254 e. The number of rotatable bonds is 7. The molecular formula is C22H25N7O3. The van der Waals surface area contributed by atoms with E-state index in [0.717, 1.165) is 6.42 Å². The van der Waals surface area contributed by atoms with Crippen molar-refractivity contribution < 1.29 is 14.3 Å². The van der Waals surface area contributed by atoms with Crippen molar-refractivity contribution in [2.24, 2.45) is 0 Å². The first kappa shape index (κ1) is 21.4. The molecule has 3 heterocycles. The van der Waals surface area contributed by atoms with Gasteiger partial charge in [0.2, 0.25) is 5.95 Å². The standard InChI is InChI=1S/C22H25N7O3/c1-3-6-24-19-18-15(12-23)13-25-20(18)28-22(27-19)26-16-5-4-14(11-17(16)31-2)21(30)29-7-9-32-10-8-29/h4-5,11,13H,3,6-10H2,1-2H3,(H3,24,25,26,27,28). The van der Waals surface area contributed by atoms with Gasteiger partial charge in [-0.3, -0.25) is 4.79 Å². The predicted molar refractivity (Wildman–Crippen MR) is 120 cm³/mol. The summed E-state index contributed by atoms with van der Waals surface area (Å²) in [7, 11) is 1.55. The third-order valence-corrected chi connectivity index (χ3v) is 5.19. The second-order valence-electron chi connectivity index (χ2n) is 7.30. The lowest BCUT2D eigenvalue weighted by Crippen LogP contribution is -2.40. The normalized spacial score (nSPS) is 13.6. The molecule has 3 N–H and O–H groups in total. The molecule has 1 saturated heterocycles. The van der Waals surface area contributed by atoms with Crippen molar-refractivity contribution >= 4 is 34.4 Å². The fourth-order valence-electron chi connectivity index (χ4n) is 3.55. The van der Waals surface area contributed by atoms with Gasteiger partial charge in [0.05, 0.1) is 37.0 Å². The van der Waals surface area contributed by atoms with Gasteiger partial charge in [0.15, 0.2) is 0 Å². The Kier molecular flexibility index (Phi) is 6.37. The number of carbonyl (C=O) groups is 1. The van der Waals surface area contributed by atoms with Crippen LogP contribution in [0.15, 0.2) is 24.4 Å². The second kappa shape index (κ2) is 9.53. The number of methoxy groups -OCH3 is 1. The highest BCUT2D eigenvalue weighted by molar-refractivity contribution is 5.96. The van der Waals surface area contributed by atoms with Crippen molar-refractivity contribution in [3.05, 3.63) is 35.5 Å². The SMILES string of the molecule is CCCNc1nc(Nc2ccc(C(=O)N3CCOCC3)cc2OC)nc2[nH]cc(C#N)c12. The molecule has 1 aliphatic heterocycles. The Morgan fingerprint density at radius 2 is 2.16 bits per heavy atom. The zero-order chi connectivity index (χ0) is 22.5. The Balaban J connectivity index is 1.63. The van der Waals surface area contributed by atoms with E-state index in [9.17, 15) is 10.1 Å². The number of nitrogens with zero attached hydrogens (tertiary/aromatic N) is 4. The Labute approximate surface area is 185 Å². The first-order valence-corrected chi connectivity index (χ1v) is 10.5. The molecule has 0 spiro atoms. The van der Waals surface area contributed by atoms with Gasteiger partial charge in [-0.25, -0.2) is 0 Å². The second-order valence-corrected chi connectivity index (χ2v) is 7.30. The van der Waals surface area contributed by atoms with Crippen LogP contribution in [0, 0.1) is 11.3 Å². The van der Waals surface area contributed by atoms with Crippen LogP contribution in [-0.4, -0.2) is 65.7 Å². The molecule has 1 amide bonds. The van der Waals surface area contributed by atoms with Gasteiger partial charge in [-0.1, -0.05) is 6.92 Å². The molecule has 2 aromatic heterocycles. The van der Waals surface area contributed by atoms with E-state index < -0.39 is 0 Å². The lowest BCUT2D eigenvalue weighted by molar-refractivity contribution is 0.0302. The number of H-pyrrole nitrogens is 1. The van der Waals surface area contributed by atoms with E-state index in [1.807, 2.05) is 0 Å². The summed E-state index contributed by atoms with van der Waals surface area (Å²) in [4.78, 5) is 26.7. The number of fused-ring (bicyclic) bond motifs is 1. The summed E-state index contributed by atoms with van der Waals surface area (Å²) in [5.41, 5.74) is 2.20. The number of nitriles is 1. The summed E-state index contributed by atoms with van der Waals surface area (Å²) in [6, 6.07) is 7.39. The molecule has 32 heavy (non-hydrogen) atoms. The topological polar surface area (TPSA) is 128 Å². The minimum Gasteiger partial charge on any atom is -0.495 e. The summed E-state index contributed by atoms with van der Waals surface area (Å²) in [6.45, 7) is 5.00. The molecule has 0 unspecified atom stereocenters. The quantitative estimate of drug-likeness (QED) is 0.517. The van der Waals surface area contributed by atoms with Gasteiger partial charge in [-0.15, -0.1) is 0 Å². The van der Waals surface area contributed by atoms with Crippen LogP contribution in [0.1, 0.15) is 29.3 Å². The van der Waals surface area contributed by atoms with Crippen molar-refractivity contribution in [1.82, 2.24) is 19.9 Å². The molecule has 0 radical (unpaired) electrons. The summed E-state index contributed by atoms with van der Waals surface area (Å²) < 4.78 is 10.8. The molecule has 1 aromatic carbocycles. The van der Waals surface area contributed by atoms with Crippen LogP contribution in [0.2, 0.25) is 0 Å². The lowest BCUT2D eigenvalue weighted by atomic mass is 10.1. The number of nitrogens with one attached hydrogen (secondary N) is 3. The third kappa shape index (κ3) is 4.29. The van der Waals surface area contributed by atoms with Crippen molar-refractivity contribution in [2.45, 2.75) is 13.3 Å². The van der Waals surface area contributed by atoms with E-state index in [1.165, 1.54) is 0 Å². The number of hydrogen-bond acceptors (Lipinski definition) is 8. The average molecular weight is 435 g/mol. The maximum Gasteiger partial charge on any atom is 0.254 e. The molecule has 10 heteroatoms. The number of morpholine rings is 1. The number of aromatic nitrogens is 3. The van der Waals surface area contributed by atoms with Gasteiger partial charge in [-0.2, -0.15) is 15.2 Å². The van der Waals surface area contributed by atoms with E-state index in [-0.39, 0.29) is 5.91 Å². The first-order chi connectivity index (χ1) is 15.6. The molecule has 0 aliphatic carbocycles. The first-order valence-electron chi connectivity index (χ1n) is 10.5. The predicted octanol–water partition coefficient (Wildman–Crippen LogP) is 2.88. The highest BCUT2D eigenvalue weighted by Crippen LogP contribution is 2.31. The molecule has 4 rings (SSSR count). The fraction of sp³-hybridized carbons (Fsp3) is 0.364. The van der Waals surface area contributed by atoms with Crippen LogP contribution < -0.4 is 15.4 Å². The van der Waals surface area contributed by atoms with Gasteiger partial charge < -0.3 is 30.0 Å². The van der Waals surface area contributed by atoms with Crippen LogP contribution in [0.3, 0.4) is 0 Å². The molecule has 0 saturated carbocycles. The highest BCUT2D eigenvalue weighted by Gasteiger charge is 2.20. The highest BCUT2D eigenvalue weighted by atomic mass is 16.5. The van der Waals surface area contributed by atoms with Gasteiger partial charge in [0, 0.05) is 31.4 Å². The van der Waals surface area contributed by atoms with E-state index >= 15 is 0 Å². The van der Waals surface area contributed by atoms with Crippen LogP contribution in [0.5, 0.6) is 5.75 Å². The Hall–Kier alpha value is -3.84. The van der Waals surface area contributed by atoms with Crippen LogP contribution in [-0.2, 0) is 4.74 Å². The summed E-state index contributed by atoms with van der Waals surface area (Å²) >= 11 is 0. The summed E-state index contributed by atoms with van der Waals surface area (Å²) in [5.74, 6) is 1.36. The lowest BCUT2D eigenvalue weighted by Gasteiger charge is -2.27. The van der Waals surface area contributed by atoms with Gasteiger partial charge in [0.25, 0.3) is 5.91 Å². The minimum absolute atomic E-state index is 0.0581. The largest absolute Gasteiger partial charge is 0.495 e. The molecule has 10 nitrogen and oxygen atoms in total. The molecule has 166 valence electrons. The monoisotopic (exact) mass is 435 g/mol. The molecule has 1 aliphatic rings. The van der Waals surface area contributed by atoms with Gasteiger partial charge in [0.1, 0.15) is 23.3 Å². The number of amides is 1. The number of aromatic amines is 1. The Morgan fingerprint density at radius 1 is 1.34 bits per heavy atom. The maximum atomic E-state index is 12.8. The number of ether oxygens (including phenoxy) is 2. The molecule has 3 aromatic rings. The average Bonchev–Trinajstić information content (AvgIpc) is 3.26. The Bertz CT molecular complexity index is 1160. The van der Waals surface area contributed by atoms with Crippen molar-refractivity contribution in [3.8, 4) is 11.8 Å². The number of hydrogen-bond donors (Lipinski definition) is 3. The fourth-order valence-corrected chi connectivity index (χ4v) is 3.55. The zero-order valence-electron chi connectivity index (χ0n) is 18.1. The zero-order valence-corrected chi connectivity index (χ0v) is 18.1. The number of carbonyl (C=O) groups excluding carboxylic acids is 1. The summed E-state index contributed by atoms with van der Waals surface area (Å²) in [6.07, 6.45) is 2.53. The molecular weight excluding hydrogens is 410 g/mol. The number of anilines is 3. The van der Waals surface area contributed by atoms with Crippen LogP contribution >= 0.6 is 0 Å². The Morgan fingerprint density at radius 3 is 2.88 bits per heavy atom. The van der Waals surface area contributed by atoms with Gasteiger partial charge in [-0.05, 0) is 24.6 Å². The minimum atomic E-state index is -0.0581. The van der Waals surface area contributed by atoms with E-state index in [4.69, 9.17) is 9.47 Å². The number of benzene rings is 1. The summed E-state index contributed by atoms with van der Waals surface area (Å²) in [5, 5.41) is 16.5. The maximum absolute atomic E-state index is 12.8. The van der Waals surface area contributed by atoms with E-state index in [0.29, 0.717) is 78.2 Å². The van der Waals surface area contributed by atoms with Crippen molar-refractivity contribution in [3.63, 3.8) is 0 Å². The van der Waals surface area contributed by atoms with E-state index in [2.05, 4.69) is 38.6 Å². The van der Waals surface area contributed by atoms with E-state index in [1.54, 1.807) is 36.4 Å². The van der Waals surface area contributed by atoms with Crippen molar-refractivity contribution in [2.75, 3.05) is 50.6 Å². The molecule has 1 fully saturated rings. The van der Waals surface area contributed by atoms with Crippen LogP contribution in [0.4, 0.5) is 17.5 Å². The molecule has 0 atom stereocenters. The van der Waals surface area contributed by atoms with Crippen LogP contribution in [0.25, 0.3) is 11.0 Å².